The molecule has 0 saturated heterocycles. The maximum absolute atomic E-state index is 14.1. The van der Waals surface area contributed by atoms with Gasteiger partial charge in [-0.25, -0.2) is 4.39 Å². The second kappa shape index (κ2) is 5.84. The fraction of sp³-hybridized carbons (Fsp3) is 0.111. The lowest BCUT2D eigenvalue weighted by atomic mass is 9.93. The molecule has 3 rings (SSSR count). The zero-order valence-electron chi connectivity index (χ0n) is 11.6. The van der Waals surface area contributed by atoms with Crippen molar-refractivity contribution in [1.29, 1.82) is 0 Å². The molecular weight excluding hydrogens is 285 g/mol. The van der Waals surface area contributed by atoms with Crippen LogP contribution in [0.1, 0.15) is 17.2 Å². The molecule has 0 fully saturated rings. The Morgan fingerprint density at radius 1 is 0.857 bits per heavy atom. The number of benzene rings is 3. The minimum Gasteiger partial charge on any atom is -0.309 e. The molecule has 106 valence electrons. The Morgan fingerprint density at radius 3 is 2.24 bits per heavy atom. The van der Waals surface area contributed by atoms with Gasteiger partial charge in [0.25, 0.3) is 0 Å². The van der Waals surface area contributed by atoms with E-state index in [-0.39, 0.29) is 11.9 Å². The van der Waals surface area contributed by atoms with Crippen molar-refractivity contribution in [3.63, 3.8) is 0 Å². The Bertz CT molecular complexity index is 785. The molecule has 0 saturated carbocycles. The number of hydrogen-bond donors (Lipinski definition) is 1. The van der Waals surface area contributed by atoms with Crippen LogP contribution in [0.5, 0.6) is 0 Å². The van der Waals surface area contributed by atoms with Crippen molar-refractivity contribution >= 4 is 22.4 Å². The van der Waals surface area contributed by atoms with Gasteiger partial charge in [0, 0.05) is 16.0 Å². The van der Waals surface area contributed by atoms with Crippen molar-refractivity contribution in [3.05, 3.63) is 82.6 Å². The summed E-state index contributed by atoms with van der Waals surface area (Å²) in [6.07, 6.45) is 0. The zero-order chi connectivity index (χ0) is 14.8. The predicted molar refractivity (Wildman–Crippen MR) is 86.3 cm³/mol. The summed E-state index contributed by atoms with van der Waals surface area (Å²) in [5.74, 6) is -0.212. The third-order valence-corrected chi connectivity index (χ3v) is 4.05. The van der Waals surface area contributed by atoms with Gasteiger partial charge in [0.05, 0.1) is 6.04 Å². The van der Waals surface area contributed by atoms with Crippen LogP contribution in [0.25, 0.3) is 10.8 Å². The molecule has 3 aromatic carbocycles. The molecule has 1 atom stereocenters. The van der Waals surface area contributed by atoms with E-state index in [1.807, 2.05) is 49.5 Å². The van der Waals surface area contributed by atoms with E-state index in [1.165, 1.54) is 6.07 Å². The molecule has 0 aliphatic rings. The van der Waals surface area contributed by atoms with E-state index in [1.54, 1.807) is 12.1 Å². The molecule has 3 aromatic rings. The van der Waals surface area contributed by atoms with Crippen LogP contribution >= 0.6 is 11.6 Å². The summed E-state index contributed by atoms with van der Waals surface area (Å²) in [6.45, 7) is 0. The maximum atomic E-state index is 14.1. The molecule has 1 N–H and O–H groups in total. The van der Waals surface area contributed by atoms with Crippen LogP contribution in [-0.2, 0) is 0 Å². The van der Waals surface area contributed by atoms with Gasteiger partial charge in [0.15, 0.2) is 0 Å². The van der Waals surface area contributed by atoms with Gasteiger partial charge in [-0.05, 0) is 30.1 Å². The third kappa shape index (κ3) is 2.53. The Hall–Kier alpha value is -1.90. The number of halogens is 2. The molecule has 0 amide bonds. The average Bonchev–Trinajstić information content (AvgIpc) is 2.52. The molecule has 1 nitrogen and oxygen atoms in total. The first-order chi connectivity index (χ1) is 10.2. The molecule has 0 spiro atoms. The molecule has 1 unspecified atom stereocenters. The van der Waals surface area contributed by atoms with Gasteiger partial charge in [-0.2, -0.15) is 0 Å². The highest BCUT2D eigenvalue weighted by Gasteiger charge is 2.18. The molecular formula is C18H15ClFN. The highest BCUT2D eigenvalue weighted by molar-refractivity contribution is 6.35. The number of nitrogens with one attached hydrogen (secondary N) is 1. The fourth-order valence-electron chi connectivity index (χ4n) is 2.73. The van der Waals surface area contributed by atoms with Crippen LogP contribution in [0.2, 0.25) is 5.02 Å². The lowest BCUT2D eigenvalue weighted by molar-refractivity contribution is 0.577. The standard InChI is InChI=1S/C18H15ClFN/c1-21-18(15-8-4-5-9-17(15)20)14-10-11-16(19)13-7-3-2-6-12(13)14/h2-11,18,21H,1H3. The molecule has 0 radical (unpaired) electrons. The van der Waals surface area contributed by atoms with Crippen molar-refractivity contribution in [2.75, 3.05) is 7.05 Å². The smallest absolute Gasteiger partial charge is 0.128 e. The first kappa shape index (κ1) is 14.1. The van der Waals surface area contributed by atoms with Crippen molar-refractivity contribution in [1.82, 2.24) is 5.32 Å². The minimum absolute atomic E-state index is 0.212. The highest BCUT2D eigenvalue weighted by atomic mass is 35.5. The van der Waals surface area contributed by atoms with Crippen LogP contribution in [-0.4, -0.2) is 7.05 Å². The predicted octanol–water partition coefficient (Wildman–Crippen LogP) is 4.94. The monoisotopic (exact) mass is 299 g/mol. The lowest BCUT2D eigenvalue weighted by Crippen LogP contribution is -2.19. The van der Waals surface area contributed by atoms with E-state index in [0.29, 0.717) is 10.6 Å². The molecule has 0 aromatic heterocycles. The summed E-state index contributed by atoms with van der Waals surface area (Å²) in [7, 11) is 1.83. The molecule has 0 bridgehead atoms. The Labute approximate surface area is 128 Å². The van der Waals surface area contributed by atoms with Gasteiger partial charge in [-0.3, -0.25) is 0 Å². The molecule has 0 aliphatic heterocycles. The van der Waals surface area contributed by atoms with Gasteiger partial charge in [0.1, 0.15) is 5.82 Å². The molecule has 21 heavy (non-hydrogen) atoms. The molecule has 3 heteroatoms. The second-order valence-corrected chi connectivity index (χ2v) is 5.33. The topological polar surface area (TPSA) is 12.0 Å². The van der Waals surface area contributed by atoms with Gasteiger partial charge >= 0.3 is 0 Å². The zero-order valence-corrected chi connectivity index (χ0v) is 12.4. The lowest BCUT2D eigenvalue weighted by Gasteiger charge is -2.20. The summed E-state index contributed by atoms with van der Waals surface area (Å²) in [5, 5.41) is 5.92. The first-order valence-corrected chi connectivity index (χ1v) is 7.19. The van der Waals surface area contributed by atoms with Crippen LogP contribution < -0.4 is 5.32 Å². The van der Waals surface area contributed by atoms with E-state index in [0.717, 1.165) is 16.3 Å². The summed E-state index contributed by atoms with van der Waals surface area (Å²) < 4.78 is 14.1. The number of hydrogen-bond acceptors (Lipinski definition) is 1. The van der Waals surface area contributed by atoms with Gasteiger partial charge in [-0.1, -0.05) is 60.1 Å². The first-order valence-electron chi connectivity index (χ1n) is 6.81. The average molecular weight is 300 g/mol. The Kier molecular flexibility index (Phi) is 3.91. The van der Waals surface area contributed by atoms with E-state index in [9.17, 15) is 4.39 Å². The van der Waals surface area contributed by atoms with Gasteiger partial charge in [-0.15, -0.1) is 0 Å². The van der Waals surface area contributed by atoms with Gasteiger partial charge < -0.3 is 5.32 Å². The minimum atomic E-state index is -0.214. The van der Waals surface area contributed by atoms with E-state index in [4.69, 9.17) is 11.6 Å². The van der Waals surface area contributed by atoms with Crippen molar-refractivity contribution in [2.45, 2.75) is 6.04 Å². The summed E-state index contributed by atoms with van der Waals surface area (Å²) in [5.41, 5.74) is 1.65. The van der Waals surface area contributed by atoms with E-state index >= 15 is 0 Å². The SMILES string of the molecule is CNC(c1ccccc1F)c1ccc(Cl)c2ccccc12. The van der Waals surface area contributed by atoms with Crippen molar-refractivity contribution in [3.8, 4) is 0 Å². The van der Waals surface area contributed by atoms with Crippen LogP contribution in [0.3, 0.4) is 0 Å². The summed E-state index contributed by atoms with van der Waals surface area (Å²) >= 11 is 6.26. The van der Waals surface area contributed by atoms with Gasteiger partial charge in [0.2, 0.25) is 0 Å². The maximum Gasteiger partial charge on any atom is 0.128 e. The number of rotatable bonds is 3. The fourth-order valence-corrected chi connectivity index (χ4v) is 2.95. The third-order valence-electron chi connectivity index (χ3n) is 3.72. The second-order valence-electron chi connectivity index (χ2n) is 4.93. The van der Waals surface area contributed by atoms with Crippen LogP contribution in [0.15, 0.2) is 60.7 Å². The summed E-state index contributed by atoms with van der Waals surface area (Å²) in [6, 6.07) is 18.4. The van der Waals surface area contributed by atoms with E-state index in [2.05, 4.69) is 5.32 Å². The molecule has 0 aliphatic carbocycles. The van der Waals surface area contributed by atoms with Crippen molar-refractivity contribution < 1.29 is 4.39 Å². The quantitative estimate of drug-likeness (QED) is 0.722. The Balaban J connectivity index is 2.23. The largest absolute Gasteiger partial charge is 0.309 e. The number of fused-ring (bicyclic) bond motifs is 1. The van der Waals surface area contributed by atoms with E-state index < -0.39 is 0 Å². The van der Waals surface area contributed by atoms with Crippen LogP contribution in [0, 0.1) is 5.82 Å². The van der Waals surface area contributed by atoms with Crippen molar-refractivity contribution in [2.24, 2.45) is 0 Å². The summed E-state index contributed by atoms with van der Waals surface area (Å²) in [4.78, 5) is 0. The normalized spacial score (nSPS) is 12.5. The molecule has 0 heterocycles. The highest BCUT2D eigenvalue weighted by Crippen LogP contribution is 2.33. The Morgan fingerprint density at radius 2 is 1.52 bits per heavy atom. The van der Waals surface area contributed by atoms with Crippen LogP contribution in [0.4, 0.5) is 4.39 Å².